The summed E-state index contributed by atoms with van der Waals surface area (Å²) in [6.07, 6.45) is -7.25. The van der Waals surface area contributed by atoms with Crippen LogP contribution >= 0.6 is 0 Å². The minimum atomic E-state index is -2.79. The summed E-state index contributed by atoms with van der Waals surface area (Å²) >= 11 is 0. The molecule has 0 bridgehead atoms. The summed E-state index contributed by atoms with van der Waals surface area (Å²) in [5.41, 5.74) is 0. The van der Waals surface area contributed by atoms with Crippen molar-refractivity contribution in [3.05, 3.63) is 0 Å². The molecule has 18 heavy (non-hydrogen) atoms. The van der Waals surface area contributed by atoms with Gasteiger partial charge >= 0.3 is 0 Å². The molecular formula is C8H19NO9. The Morgan fingerprint density at radius 2 is 2.00 bits per heavy atom. The topological polar surface area (TPSA) is 219 Å². The van der Waals surface area contributed by atoms with E-state index >= 15 is 0 Å². The third-order valence-electron chi connectivity index (χ3n) is 2.43. The minimum Gasteiger partial charge on any atom is -0.544 e. The summed E-state index contributed by atoms with van der Waals surface area (Å²) in [5.74, 6) is -4.78. The minimum absolute atomic E-state index is 0. The number of hydrogen-bond acceptors (Lipinski definition) is 8. The number of quaternary nitrogens is 1. The number of ether oxygens (including phenoxy) is 1. The molecule has 10 nitrogen and oxygen atoms in total. The first-order valence-corrected chi connectivity index (χ1v) is 4.58. The maximum atomic E-state index is 10.6. The molecule has 1 saturated heterocycles. The first kappa shape index (κ1) is 19.5. The lowest BCUT2D eigenvalue weighted by Crippen LogP contribution is -2.64. The van der Waals surface area contributed by atoms with E-state index in [-0.39, 0.29) is 11.6 Å². The number of carbonyl (C=O) groups excluding carboxylic acids is 1. The molecule has 1 rings (SSSR count). The molecule has 1 heterocycles. The Labute approximate surface area is 102 Å². The standard InChI is InChI=1S/C8H14O8.H3N.H2O/c9-2-4(11)6-5(12)3(10)1-8(15,16-6)7(13)14;;/h3-6,9-12,15H,1-2H2,(H,13,14);1H3;1H2/t3-,4-,5-,6-,8-;;/m1../s1. The molecule has 0 aromatic rings. The zero-order valence-corrected chi connectivity index (χ0v) is 9.68. The highest BCUT2D eigenvalue weighted by Crippen LogP contribution is 2.28. The second-order valence-corrected chi connectivity index (χ2v) is 3.67. The van der Waals surface area contributed by atoms with Crippen LogP contribution in [0.4, 0.5) is 0 Å². The molecule has 110 valence electrons. The first-order valence-electron chi connectivity index (χ1n) is 4.58. The fraction of sp³-hybridized carbons (Fsp3) is 0.875. The lowest BCUT2D eigenvalue weighted by atomic mass is 9.93. The van der Waals surface area contributed by atoms with Crippen LogP contribution < -0.4 is 11.3 Å². The molecule has 1 aliphatic heterocycles. The fourth-order valence-corrected chi connectivity index (χ4v) is 1.51. The van der Waals surface area contributed by atoms with Gasteiger partial charge in [-0.2, -0.15) is 0 Å². The van der Waals surface area contributed by atoms with Crippen LogP contribution in [-0.2, 0) is 9.53 Å². The molecule has 10 heteroatoms. The number of rotatable bonds is 3. The number of carboxylic acid groups (broad SMARTS) is 1. The zero-order chi connectivity index (χ0) is 12.5. The van der Waals surface area contributed by atoms with Gasteiger partial charge in [-0.25, -0.2) is 0 Å². The number of aliphatic hydroxyl groups is 5. The Balaban J connectivity index is 0. The molecule has 0 aromatic heterocycles. The number of carbonyl (C=O) groups is 1. The van der Waals surface area contributed by atoms with Crippen LogP contribution in [0.25, 0.3) is 0 Å². The highest BCUT2D eigenvalue weighted by molar-refractivity contribution is 5.73. The Morgan fingerprint density at radius 1 is 1.50 bits per heavy atom. The van der Waals surface area contributed by atoms with Gasteiger partial charge in [0.2, 0.25) is 5.79 Å². The van der Waals surface area contributed by atoms with Crippen LogP contribution in [0.5, 0.6) is 0 Å². The van der Waals surface area contributed by atoms with E-state index in [4.69, 9.17) is 5.11 Å². The van der Waals surface area contributed by atoms with E-state index < -0.39 is 49.2 Å². The van der Waals surface area contributed by atoms with Gasteiger partial charge in [-0.3, -0.25) is 0 Å². The van der Waals surface area contributed by atoms with E-state index in [2.05, 4.69) is 4.74 Å². The normalized spacial score (nSPS) is 37.1. The molecule has 0 spiro atoms. The van der Waals surface area contributed by atoms with E-state index in [1.165, 1.54) is 0 Å². The predicted octanol–water partition coefficient (Wildman–Crippen LogP) is -5.16. The molecule has 0 amide bonds. The van der Waals surface area contributed by atoms with Gasteiger partial charge < -0.3 is 51.8 Å². The third kappa shape index (κ3) is 3.57. The van der Waals surface area contributed by atoms with Crippen LogP contribution in [0.1, 0.15) is 6.42 Å². The average Bonchev–Trinajstić information content (AvgIpc) is 2.22. The average molecular weight is 273 g/mol. The second kappa shape index (κ2) is 6.92. The lowest BCUT2D eigenvalue weighted by Gasteiger charge is -2.43. The first-order chi connectivity index (χ1) is 7.31. The Hall–Kier alpha value is -0.850. The zero-order valence-electron chi connectivity index (χ0n) is 9.68. The summed E-state index contributed by atoms with van der Waals surface area (Å²) in [5, 5.41) is 56.5. The molecule has 0 saturated carbocycles. The smallest absolute Gasteiger partial charge is 0.210 e. The number of aliphatic hydroxyl groups excluding tert-OH is 4. The Bertz CT molecular complexity index is 275. The summed E-state index contributed by atoms with van der Waals surface area (Å²) < 4.78 is 4.54. The van der Waals surface area contributed by atoms with Crippen LogP contribution in [0.15, 0.2) is 0 Å². The monoisotopic (exact) mass is 273 g/mol. The Morgan fingerprint density at radius 3 is 2.39 bits per heavy atom. The van der Waals surface area contributed by atoms with E-state index in [0.717, 1.165) is 0 Å². The van der Waals surface area contributed by atoms with Gasteiger partial charge in [0.15, 0.2) is 0 Å². The van der Waals surface area contributed by atoms with E-state index in [1.807, 2.05) is 0 Å². The summed E-state index contributed by atoms with van der Waals surface area (Å²) in [4.78, 5) is 10.6. The van der Waals surface area contributed by atoms with Gasteiger partial charge in [0.1, 0.15) is 24.3 Å². The molecule has 11 N–H and O–H groups in total. The number of hydrogen-bond donors (Lipinski definition) is 6. The maximum absolute atomic E-state index is 10.6. The van der Waals surface area contributed by atoms with Crippen molar-refractivity contribution in [2.24, 2.45) is 0 Å². The van der Waals surface area contributed by atoms with Crippen LogP contribution in [0, 0.1) is 0 Å². The van der Waals surface area contributed by atoms with Crippen molar-refractivity contribution in [2.45, 2.75) is 36.6 Å². The molecule has 0 aliphatic carbocycles. The summed E-state index contributed by atoms with van der Waals surface area (Å²) in [7, 11) is 0. The molecule has 5 atom stereocenters. The van der Waals surface area contributed by atoms with Crippen molar-refractivity contribution < 1.29 is 45.6 Å². The van der Waals surface area contributed by atoms with E-state index in [1.54, 1.807) is 0 Å². The molecule has 1 fully saturated rings. The van der Waals surface area contributed by atoms with Crippen molar-refractivity contribution in [3.63, 3.8) is 0 Å². The van der Waals surface area contributed by atoms with Gasteiger partial charge in [0.25, 0.3) is 0 Å². The molecule has 0 radical (unpaired) electrons. The van der Waals surface area contributed by atoms with E-state index in [0.29, 0.717) is 0 Å². The quantitative estimate of drug-likeness (QED) is 0.291. The number of aliphatic carboxylic acids is 1. The largest absolute Gasteiger partial charge is 0.544 e. The van der Waals surface area contributed by atoms with E-state index in [9.17, 15) is 30.3 Å². The van der Waals surface area contributed by atoms with Crippen molar-refractivity contribution in [3.8, 4) is 0 Å². The van der Waals surface area contributed by atoms with Gasteiger partial charge in [0.05, 0.1) is 12.7 Å². The van der Waals surface area contributed by atoms with Gasteiger partial charge in [-0.1, -0.05) is 0 Å². The Kier molecular flexibility index (Phi) is 7.49. The number of carboxylic acids is 1. The van der Waals surface area contributed by atoms with Crippen molar-refractivity contribution in [1.82, 2.24) is 6.15 Å². The van der Waals surface area contributed by atoms with Gasteiger partial charge in [0, 0.05) is 6.42 Å². The second-order valence-electron chi connectivity index (χ2n) is 3.67. The molecular weight excluding hydrogens is 254 g/mol. The summed E-state index contributed by atoms with van der Waals surface area (Å²) in [6, 6.07) is 0. The van der Waals surface area contributed by atoms with Crippen molar-refractivity contribution >= 4 is 5.97 Å². The third-order valence-corrected chi connectivity index (χ3v) is 2.43. The maximum Gasteiger partial charge on any atom is 0.210 e. The lowest BCUT2D eigenvalue weighted by molar-refractivity contribution is -0.378. The fourth-order valence-electron chi connectivity index (χ4n) is 1.51. The highest BCUT2D eigenvalue weighted by atomic mass is 16.7. The van der Waals surface area contributed by atoms with Gasteiger partial charge in [-0.05, 0) is 0 Å². The highest BCUT2D eigenvalue weighted by Gasteiger charge is 2.48. The molecule has 1 aliphatic rings. The summed E-state index contributed by atoms with van der Waals surface area (Å²) in [6.45, 7) is -0.822. The SMILES string of the molecule is O.O=C([O-])[C@@]1(O)C[C@@H](O)[C@@H](O)[C@@H]([C@H](O)CO)O1.[NH4+]. The van der Waals surface area contributed by atoms with Crippen LogP contribution in [-0.4, -0.2) is 73.8 Å². The van der Waals surface area contributed by atoms with Gasteiger partial charge in [-0.15, -0.1) is 0 Å². The van der Waals surface area contributed by atoms with Crippen LogP contribution in [0.3, 0.4) is 0 Å². The van der Waals surface area contributed by atoms with Crippen molar-refractivity contribution in [1.29, 1.82) is 0 Å². The molecule has 0 aromatic carbocycles. The van der Waals surface area contributed by atoms with Crippen molar-refractivity contribution in [2.75, 3.05) is 6.61 Å². The van der Waals surface area contributed by atoms with Crippen LogP contribution in [0.2, 0.25) is 0 Å². The predicted molar refractivity (Wildman–Crippen MR) is 54.2 cm³/mol. The molecule has 0 unspecified atom stereocenters.